The molecule has 0 aliphatic carbocycles. The van der Waals surface area contributed by atoms with Crippen LogP contribution in [0.1, 0.15) is 48.1 Å². The zero-order valence-corrected chi connectivity index (χ0v) is 18.9. The van der Waals surface area contributed by atoms with E-state index in [4.69, 9.17) is 28.4 Å². The van der Waals surface area contributed by atoms with Gasteiger partial charge in [-0.1, -0.05) is 6.92 Å². The summed E-state index contributed by atoms with van der Waals surface area (Å²) in [6, 6.07) is 3.51. The van der Waals surface area contributed by atoms with Gasteiger partial charge >= 0.3 is 0 Å². The fourth-order valence-electron chi connectivity index (χ4n) is 5.45. The van der Waals surface area contributed by atoms with Gasteiger partial charge in [0.15, 0.2) is 23.0 Å². The minimum absolute atomic E-state index is 0.0481. The van der Waals surface area contributed by atoms with Gasteiger partial charge in [0.05, 0.1) is 32.0 Å². The highest BCUT2D eigenvalue weighted by molar-refractivity contribution is 6.07. The number of fused-ring (bicyclic) bond motifs is 7. The molecule has 0 spiro atoms. The zero-order chi connectivity index (χ0) is 22.7. The number of hydrogen-bond acceptors (Lipinski definition) is 8. The molecule has 2 atom stereocenters. The lowest BCUT2D eigenvalue weighted by molar-refractivity contribution is 0.0541. The second-order valence-electron chi connectivity index (χ2n) is 8.42. The van der Waals surface area contributed by atoms with E-state index in [0.29, 0.717) is 52.0 Å². The van der Waals surface area contributed by atoms with Crippen molar-refractivity contribution < 1.29 is 33.2 Å². The second-order valence-corrected chi connectivity index (χ2v) is 8.42. The van der Waals surface area contributed by atoms with Crippen LogP contribution in [0.3, 0.4) is 0 Å². The second kappa shape index (κ2) is 7.62. The number of methoxy groups -OCH3 is 2. The number of carbonyl (C=O) groups is 1. The third kappa shape index (κ3) is 2.78. The summed E-state index contributed by atoms with van der Waals surface area (Å²) >= 11 is 0. The highest BCUT2D eigenvalue weighted by Gasteiger charge is 2.44. The van der Waals surface area contributed by atoms with Gasteiger partial charge in [-0.25, -0.2) is 0 Å². The number of amides is 1. The summed E-state index contributed by atoms with van der Waals surface area (Å²) in [7, 11) is 3.17. The van der Waals surface area contributed by atoms with E-state index in [-0.39, 0.29) is 31.7 Å². The average Bonchev–Trinajstić information content (AvgIpc) is 3.60. The Balaban J connectivity index is 1.72. The van der Waals surface area contributed by atoms with Crippen LogP contribution in [-0.4, -0.2) is 51.3 Å². The van der Waals surface area contributed by atoms with Gasteiger partial charge in [0.25, 0.3) is 5.91 Å². The van der Waals surface area contributed by atoms with Crippen molar-refractivity contribution in [3.63, 3.8) is 0 Å². The van der Waals surface area contributed by atoms with Crippen LogP contribution in [-0.2, 0) is 0 Å². The number of hydrogen-bond donors (Lipinski definition) is 1. The van der Waals surface area contributed by atoms with E-state index in [2.05, 4.69) is 12.2 Å². The van der Waals surface area contributed by atoms with Gasteiger partial charge in [-0.15, -0.1) is 0 Å². The number of nitrogens with zero attached hydrogens (tertiary/aromatic N) is 1. The van der Waals surface area contributed by atoms with E-state index in [1.807, 2.05) is 11.0 Å². The molecular weight excluding hydrogens is 428 g/mol. The quantitative estimate of drug-likeness (QED) is 0.752. The molecule has 1 saturated heterocycles. The summed E-state index contributed by atoms with van der Waals surface area (Å²) in [6.07, 6.45) is 2.54. The number of ether oxygens (including phenoxy) is 6. The molecule has 2 unspecified atom stereocenters. The first-order valence-corrected chi connectivity index (χ1v) is 11.2. The Morgan fingerprint density at radius 2 is 1.61 bits per heavy atom. The number of rotatable bonds is 4. The van der Waals surface area contributed by atoms with Gasteiger partial charge < -0.3 is 33.3 Å². The fourth-order valence-corrected chi connectivity index (χ4v) is 5.45. The summed E-state index contributed by atoms with van der Waals surface area (Å²) < 4.78 is 34.7. The van der Waals surface area contributed by atoms with E-state index in [1.54, 1.807) is 20.3 Å². The monoisotopic (exact) mass is 454 g/mol. The molecular formula is C24H26N2O7. The third-order valence-electron chi connectivity index (χ3n) is 6.85. The topological polar surface area (TPSA) is 87.7 Å². The van der Waals surface area contributed by atoms with Crippen molar-refractivity contribution in [2.45, 2.75) is 38.4 Å². The van der Waals surface area contributed by atoms with Crippen molar-refractivity contribution in [3.05, 3.63) is 23.3 Å². The van der Waals surface area contributed by atoms with Crippen molar-refractivity contribution >= 4 is 5.91 Å². The molecule has 174 valence electrons. The molecule has 0 aromatic heterocycles. The Morgan fingerprint density at radius 3 is 2.21 bits per heavy atom. The van der Waals surface area contributed by atoms with Gasteiger partial charge in [-0.2, -0.15) is 0 Å². The summed E-state index contributed by atoms with van der Waals surface area (Å²) in [4.78, 5) is 16.2. The van der Waals surface area contributed by atoms with Crippen LogP contribution >= 0.6 is 0 Å². The lowest BCUT2D eigenvalue weighted by Gasteiger charge is -2.36. The van der Waals surface area contributed by atoms with E-state index in [9.17, 15) is 4.79 Å². The molecule has 1 amide bonds. The molecule has 1 N–H and O–H groups in total. The Bertz CT molecular complexity index is 1140. The van der Waals surface area contributed by atoms with Crippen molar-refractivity contribution in [3.8, 4) is 45.6 Å². The lowest BCUT2D eigenvalue weighted by atomic mass is 9.90. The molecule has 33 heavy (non-hydrogen) atoms. The molecule has 1 fully saturated rings. The van der Waals surface area contributed by atoms with E-state index >= 15 is 0 Å². The molecule has 4 aliphatic heterocycles. The predicted molar refractivity (Wildman–Crippen MR) is 117 cm³/mol. The molecule has 2 aromatic rings. The highest BCUT2D eigenvalue weighted by atomic mass is 16.7. The Morgan fingerprint density at radius 1 is 0.970 bits per heavy atom. The van der Waals surface area contributed by atoms with Crippen LogP contribution in [0.15, 0.2) is 12.1 Å². The van der Waals surface area contributed by atoms with Crippen LogP contribution in [0.4, 0.5) is 0 Å². The largest absolute Gasteiger partial charge is 0.493 e. The maximum absolute atomic E-state index is 14.2. The molecule has 9 heteroatoms. The predicted octanol–water partition coefficient (Wildman–Crippen LogP) is 3.44. The standard InChI is InChI=1S/C24H26N2O7/c1-4-14-12-8-15(28-2)20-22(32-10-30-20)18(12)19-13(24(27)26(14)17-6-5-7-25-17)9-16(29-3)21-23(19)33-11-31-21/h8-9,14,17,25H,4-7,10-11H2,1-3H3. The Kier molecular flexibility index (Phi) is 4.69. The van der Waals surface area contributed by atoms with E-state index in [0.717, 1.165) is 30.5 Å². The van der Waals surface area contributed by atoms with Gasteiger partial charge in [-0.3, -0.25) is 10.1 Å². The summed E-state index contributed by atoms with van der Waals surface area (Å²) in [5.74, 6) is 3.01. The third-order valence-corrected chi connectivity index (χ3v) is 6.85. The summed E-state index contributed by atoms with van der Waals surface area (Å²) in [5, 5.41) is 3.50. The Labute approximate surface area is 191 Å². The van der Waals surface area contributed by atoms with Crippen molar-refractivity contribution in [2.24, 2.45) is 0 Å². The number of benzene rings is 2. The zero-order valence-electron chi connectivity index (χ0n) is 18.9. The molecule has 0 saturated carbocycles. The van der Waals surface area contributed by atoms with Crippen molar-refractivity contribution in [1.29, 1.82) is 0 Å². The number of carbonyl (C=O) groups excluding carboxylic acids is 1. The van der Waals surface area contributed by atoms with Crippen LogP contribution in [0.5, 0.6) is 34.5 Å². The molecule has 0 bridgehead atoms. The molecule has 4 aliphatic rings. The molecule has 0 radical (unpaired) electrons. The first-order valence-electron chi connectivity index (χ1n) is 11.2. The van der Waals surface area contributed by atoms with Gasteiger partial charge in [0.2, 0.25) is 25.1 Å². The van der Waals surface area contributed by atoms with Crippen LogP contribution in [0, 0.1) is 0 Å². The van der Waals surface area contributed by atoms with Gasteiger partial charge in [0.1, 0.15) is 0 Å². The van der Waals surface area contributed by atoms with Crippen LogP contribution < -0.4 is 33.7 Å². The van der Waals surface area contributed by atoms with Crippen molar-refractivity contribution in [1.82, 2.24) is 10.2 Å². The number of nitrogens with one attached hydrogen (secondary N) is 1. The van der Waals surface area contributed by atoms with Crippen LogP contribution in [0.2, 0.25) is 0 Å². The van der Waals surface area contributed by atoms with Gasteiger partial charge in [0, 0.05) is 11.1 Å². The minimum Gasteiger partial charge on any atom is -0.493 e. The summed E-state index contributed by atoms with van der Waals surface area (Å²) in [6.45, 7) is 3.08. The maximum atomic E-state index is 14.2. The first-order chi connectivity index (χ1) is 16.2. The van der Waals surface area contributed by atoms with Crippen molar-refractivity contribution in [2.75, 3.05) is 34.4 Å². The normalized spacial score (nSPS) is 22.2. The fraction of sp³-hybridized carbons (Fsp3) is 0.458. The minimum atomic E-state index is -0.206. The molecule has 9 nitrogen and oxygen atoms in total. The highest BCUT2D eigenvalue weighted by Crippen LogP contribution is 2.59. The van der Waals surface area contributed by atoms with E-state index in [1.165, 1.54) is 0 Å². The molecule has 2 aromatic carbocycles. The lowest BCUT2D eigenvalue weighted by Crippen LogP contribution is -2.47. The Hall–Kier alpha value is -3.33. The first kappa shape index (κ1) is 20.3. The average molecular weight is 454 g/mol. The van der Waals surface area contributed by atoms with Gasteiger partial charge in [-0.05, 0) is 43.5 Å². The smallest absolute Gasteiger partial charge is 0.256 e. The molecule has 6 rings (SSSR count). The molecule has 4 heterocycles. The maximum Gasteiger partial charge on any atom is 0.256 e. The summed E-state index contributed by atoms with van der Waals surface area (Å²) in [5.41, 5.74) is 2.85. The van der Waals surface area contributed by atoms with Crippen LogP contribution in [0.25, 0.3) is 11.1 Å². The SMILES string of the molecule is CCC1c2cc(OC)c3c(c2-c2c(cc(OC)c4c2OCO4)C(=O)N1C1CCCN1)OCO3. The van der Waals surface area contributed by atoms with E-state index < -0.39 is 0 Å².